The highest BCUT2D eigenvalue weighted by Gasteiger charge is 2.15. The maximum atomic E-state index is 6.18. The van der Waals surface area contributed by atoms with Crippen LogP contribution in [0.1, 0.15) is 41.6 Å². The first kappa shape index (κ1) is 16.4. The number of halogens is 2. The molecule has 0 aliphatic rings. The van der Waals surface area contributed by atoms with Crippen molar-refractivity contribution in [3.8, 4) is 0 Å². The van der Waals surface area contributed by atoms with Crippen molar-refractivity contribution in [2.45, 2.75) is 33.2 Å². The summed E-state index contributed by atoms with van der Waals surface area (Å²) in [6.07, 6.45) is 1.09. The first-order chi connectivity index (χ1) is 10.0. The average molecular weight is 322 g/mol. The van der Waals surface area contributed by atoms with E-state index in [4.69, 9.17) is 23.2 Å². The second-order valence-electron chi connectivity index (χ2n) is 5.40. The predicted octanol–water partition coefficient (Wildman–Crippen LogP) is 5.70. The Labute approximate surface area is 137 Å². The third-order valence-corrected chi connectivity index (χ3v) is 4.48. The van der Waals surface area contributed by atoms with Crippen LogP contribution in [-0.4, -0.2) is 6.54 Å². The number of nitrogens with one attached hydrogen (secondary N) is 1. The molecule has 2 rings (SSSR count). The van der Waals surface area contributed by atoms with Crippen LogP contribution in [-0.2, 0) is 0 Å². The normalized spacial score (nSPS) is 12.4. The number of benzene rings is 2. The molecule has 0 aliphatic heterocycles. The standard InChI is InChI=1S/C18H21Cl2N/c1-4-9-21-18(14-6-5-12(2)13(3)10-14)15-7-8-16(19)17(20)11-15/h5-8,10-11,18,21H,4,9H2,1-3H3. The van der Waals surface area contributed by atoms with Gasteiger partial charge in [0.2, 0.25) is 0 Å². The first-order valence-electron chi connectivity index (χ1n) is 7.28. The van der Waals surface area contributed by atoms with E-state index in [2.05, 4.69) is 44.3 Å². The van der Waals surface area contributed by atoms with Gasteiger partial charge in [0, 0.05) is 0 Å². The van der Waals surface area contributed by atoms with Gasteiger partial charge in [-0.1, -0.05) is 54.4 Å². The Morgan fingerprint density at radius 3 is 2.19 bits per heavy atom. The van der Waals surface area contributed by atoms with Gasteiger partial charge in [0.1, 0.15) is 0 Å². The smallest absolute Gasteiger partial charge is 0.0595 e. The zero-order valence-electron chi connectivity index (χ0n) is 12.7. The van der Waals surface area contributed by atoms with Gasteiger partial charge >= 0.3 is 0 Å². The van der Waals surface area contributed by atoms with Gasteiger partial charge in [-0.25, -0.2) is 0 Å². The van der Waals surface area contributed by atoms with Crippen LogP contribution in [0, 0.1) is 13.8 Å². The van der Waals surface area contributed by atoms with Crippen molar-refractivity contribution in [2.75, 3.05) is 6.54 Å². The quantitative estimate of drug-likeness (QED) is 0.744. The van der Waals surface area contributed by atoms with Crippen molar-refractivity contribution in [1.82, 2.24) is 5.32 Å². The van der Waals surface area contributed by atoms with Crippen LogP contribution in [0.25, 0.3) is 0 Å². The Balaban J connectivity index is 2.41. The molecule has 0 aromatic heterocycles. The van der Waals surface area contributed by atoms with Crippen LogP contribution in [0.15, 0.2) is 36.4 Å². The van der Waals surface area contributed by atoms with Crippen molar-refractivity contribution in [3.63, 3.8) is 0 Å². The molecule has 0 bridgehead atoms. The van der Waals surface area contributed by atoms with E-state index < -0.39 is 0 Å². The maximum Gasteiger partial charge on any atom is 0.0595 e. The largest absolute Gasteiger partial charge is 0.306 e. The molecule has 1 N–H and O–H groups in total. The fourth-order valence-corrected chi connectivity index (χ4v) is 2.66. The summed E-state index contributed by atoms with van der Waals surface area (Å²) in [6, 6.07) is 12.6. The third-order valence-electron chi connectivity index (χ3n) is 3.74. The molecule has 0 amide bonds. The summed E-state index contributed by atoms with van der Waals surface area (Å²) in [7, 11) is 0. The lowest BCUT2D eigenvalue weighted by Gasteiger charge is -2.21. The second kappa shape index (κ2) is 7.31. The fraction of sp³-hybridized carbons (Fsp3) is 0.333. The number of rotatable bonds is 5. The molecule has 0 fully saturated rings. The van der Waals surface area contributed by atoms with Crippen molar-refractivity contribution < 1.29 is 0 Å². The molecule has 21 heavy (non-hydrogen) atoms. The molecular weight excluding hydrogens is 301 g/mol. The zero-order valence-corrected chi connectivity index (χ0v) is 14.2. The summed E-state index contributed by atoms with van der Waals surface area (Å²) in [6.45, 7) is 7.40. The molecule has 1 nitrogen and oxygen atoms in total. The number of hydrogen-bond donors (Lipinski definition) is 1. The van der Waals surface area contributed by atoms with Gasteiger partial charge in [-0.3, -0.25) is 0 Å². The molecule has 2 aromatic carbocycles. The lowest BCUT2D eigenvalue weighted by atomic mass is 9.95. The van der Waals surface area contributed by atoms with Crippen LogP contribution < -0.4 is 5.32 Å². The second-order valence-corrected chi connectivity index (χ2v) is 6.22. The SMILES string of the molecule is CCCNC(c1ccc(C)c(C)c1)c1ccc(Cl)c(Cl)c1. The van der Waals surface area contributed by atoms with Gasteiger partial charge < -0.3 is 5.32 Å². The molecule has 112 valence electrons. The molecule has 0 radical (unpaired) electrons. The Kier molecular flexibility index (Phi) is 5.69. The molecule has 1 atom stereocenters. The Bertz CT molecular complexity index is 571. The summed E-state index contributed by atoms with van der Waals surface area (Å²) < 4.78 is 0. The van der Waals surface area contributed by atoms with Gasteiger partial charge in [0.05, 0.1) is 16.1 Å². The average Bonchev–Trinajstić information content (AvgIpc) is 2.46. The van der Waals surface area contributed by atoms with E-state index in [-0.39, 0.29) is 6.04 Å². The maximum absolute atomic E-state index is 6.18. The topological polar surface area (TPSA) is 12.0 Å². The number of hydrogen-bond acceptors (Lipinski definition) is 1. The molecular formula is C18H21Cl2N. The molecule has 2 aromatic rings. The van der Waals surface area contributed by atoms with Crippen LogP contribution in [0.5, 0.6) is 0 Å². The molecule has 0 saturated carbocycles. The Hall–Kier alpha value is -1.02. The highest BCUT2D eigenvalue weighted by Crippen LogP contribution is 2.29. The summed E-state index contributed by atoms with van der Waals surface area (Å²) in [5.74, 6) is 0. The Morgan fingerprint density at radius 2 is 1.57 bits per heavy atom. The van der Waals surface area contributed by atoms with Crippen molar-refractivity contribution in [3.05, 3.63) is 68.7 Å². The molecule has 3 heteroatoms. The van der Waals surface area contributed by atoms with E-state index in [1.807, 2.05) is 18.2 Å². The van der Waals surface area contributed by atoms with Crippen LogP contribution in [0.3, 0.4) is 0 Å². The van der Waals surface area contributed by atoms with E-state index in [0.29, 0.717) is 10.0 Å². The minimum absolute atomic E-state index is 0.138. The molecule has 0 saturated heterocycles. The van der Waals surface area contributed by atoms with E-state index >= 15 is 0 Å². The molecule has 0 spiro atoms. The predicted molar refractivity (Wildman–Crippen MR) is 92.5 cm³/mol. The first-order valence-corrected chi connectivity index (χ1v) is 8.04. The van der Waals surface area contributed by atoms with Crippen LogP contribution in [0.4, 0.5) is 0 Å². The van der Waals surface area contributed by atoms with Gasteiger partial charge in [-0.05, 0) is 61.2 Å². The third kappa shape index (κ3) is 4.00. The van der Waals surface area contributed by atoms with Crippen molar-refractivity contribution >= 4 is 23.2 Å². The summed E-state index contributed by atoms with van der Waals surface area (Å²) in [4.78, 5) is 0. The van der Waals surface area contributed by atoms with Crippen LogP contribution >= 0.6 is 23.2 Å². The van der Waals surface area contributed by atoms with Gasteiger partial charge in [-0.15, -0.1) is 0 Å². The molecule has 0 aliphatic carbocycles. The zero-order chi connectivity index (χ0) is 15.4. The monoisotopic (exact) mass is 321 g/mol. The van der Waals surface area contributed by atoms with E-state index in [9.17, 15) is 0 Å². The van der Waals surface area contributed by atoms with Gasteiger partial charge in [-0.2, -0.15) is 0 Å². The minimum Gasteiger partial charge on any atom is -0.306 e. The van der Waals surface area contributed by atoms with Crippen molar-refractivity contribution in [2.24, 2.45) is 0 Å². The fourth-order valence-electron chi connectivity index (χ4n) is 2.35. The summed E-state index contributed by atoms with van der Waals surface area (Å²) in [5.41, 5.74) is 5.00. The summed E-state index contributed by atoms with van der Waals surface area (Å²) in [5, 5.41) is 4.78. The molecule has 1 unspecified atom stereocenters. The molecule has 0 heterocycles. The number of aryl methyl sites for hydroxylation is 2. The summed E-state index contributed by atoms with van der Waals surface area (Å²) >= 11 is 12.2. The minimum atomic E-state index is 0.138. The van der Waals surface area contributed by atoms with Crippen molar-refractivity contribution in [1.29, 1.82) is 0 Å². The lowest BCUT2D eigenvalue weighted by Crippen LogP contribution is -2.23. The van der Waals surface area contributed by atoms with E-state index in [0.717, 1.165) is 18.5 Å². The van der Waals surface area contributed by atoms with Crippen LogP contribution in [0.2, 0.25) is 10.0 Å². The Morgan fingerprint density at radius 1 is 0.905 bits per heavy atom. The lowest BCUT2D eigenvalue weighted by molar-refractivity contribution is 0.598. The highest BCUT2D eigenvalue weighted by atomic mass is 35.5. The van der Waals surface area contributed by atoms with E-state index in [1.54, 1.807) is 0 Å². The van der Waals surface area contributed by atoms with Gasteiger partial charge in [0.15, 0.2) is 0 Å². The van der Waals surface area contributed by atoms with Gasteiger partial charge in [0.25, 0.3) is 0 Å². The van der Waals surface area contributed by atoms with E-state index in [1.165, 1.54) is 16.7 Å². The highest BCUT2D eigenvalue weighted by molar-refractivity contribution is 6.42.